The Morgan fingerprint density at radius 1 is 1.12 bits per heavy atom. The first-order valence-electron chi connectivity index (χ1n) is 8.61. The third-order valence-corrected chi connectivity index (χ3v) is 4.32. The van der Waals surface area contributed by atoms with Crippen molar-refractivity contribution in [2.45, 2.75) is 33.4 Å². The van der Waals surface area contributed by atoms with Crippen LogP contribution in [0, 0.1) is 6.92 Å². The fraction of sp³-hybridized carbons (Fsp3) is 0.250. The summed E-state index contributed by atoms with van der Waals surface area (Å²) in [4.78, 5) is 13.9. The number of carbonyl (C=O) groups excluding carboxylic acids is 1. The van der Waals surface area contributed by atoms with Crippen LogP contribution in [0.15, 0.2) is 48.5 Å². The monoisotopic (exact) mass is 350 g/mol. The second kappa shape index (κ2) is 7.93. The molecular formula is C20H22N4O2. The van der Waals surface area contributed by atoms with E-state index in [0.29, 0.717) is 6.54 Å². The summed E-state index contributed by atoms with van der Waals surface area (Å²) in [5.41, 5.74) is 4.49. The summed E-state index contributed by atoms with van der Waals surface area (Å²) in [6, 6.07) is 15.6. The molecule has 0 radical (unpaired) electrons. The maximum absolute atomic E-state index is 12.5. The normalized spacial score (nSPS) is 10.7. The van der Waals surface area contributed by atoms with Crippen LogP contribution in [0.4, 0.5) is 0 Å². The van der Waals surface area contributed by atoms with Crippen molar-refractivity contribution in [3.8, 4) is 5.69 Å². The first-order chi connectivity index (χ1) is 12.6. The molecule has 0 spiro atoms. The number of amides is 1. The summed E-state index contributed by atoms with van der Waals surface area (Å²) in [6.45, 7) is 4.13. The molecule has 134 valence electrons. The third-order valence-electron chi connectivity index (χ3n) is 4.32. The van der Waals surface area contributed by atoms with E-state index in [1.807, 2.05) is 55.5 Å². The minimum atomic E-state index is -0.353. The third kappa shape index (κ3) is 3.81. The van der Waals surface area contributed by atoms with Gasteiger partial charge in [0.2, 0.25) is 0 Å². The predicted molar refractivity (Wildman–Crippen MR) is 99.0 cm³/mol. The van der Waals surface area contributed by atoms with Crippen molar-refractivity contribution >= 4 is 5.91 Å². The SMILES string of the molecule is CCc1ccc(-n2nc(CO)c(C(=O)NCc3ccccc3C)n2)cc1. The lowest BCUT2D eigenvalue weighted by Crippen LogP contribution is -2.25. The molecule has 0 bridgehead atoms. The zero-order chi connectivity index (χ0) is 18.5. The number of hydrogen-bond donors (Lipinski definition) is 2. The second-order valence-corrected chi connectivity index (χ2v) is 6.07. The molecule has 0 aliphatic heterocycles. The molecule has 0 fully saturated rings. The highest BCUT2D eigenvalue weighted by molar-refractivity contribution is 5.93. The van der Waals surface area contributed by atoms with E-state index in [0.717, 1.165) is 23.2 Å². The van der Waals surface area contributed by atoms with Crippen LogP contribution >= 0.6 is 0 Å². The van der Waals surface area contributed by atoms with Crippen LogP contribution in [-0.2, 0) is 19.6 Å². The lowest BCUT2D eigenvalue weighted by molar-refractivity contribution is 0.0942. The molecule has 0 saturated heterocycles. The van der Waals surface area contributed by atoms with Gasteiger partial charge in [-0.25, -0.2) is 0 Å². The van der Waals surface area contributed by atoms with Gasteiger partial charge in [0.05, 0.1) is 12.3 Å². The van der Waals surface area contributed by atoms with Crippen LogP contribution < -0.4 is 5.32 Å². The van der Waals surface area contributed by atoms with Crippen molar-refractivity contribution in [3.63, 3.8) is 0 Å². The Labute approximate surface area is 152 Å². The van der Waals surface area contributed by atoms with E-state index in [2.05, 4.69) is 22.4 Å². The zero-order valence-electron chi connectivity index (χ0n) is 14.9. The molecule has 1 aromatic heterocycles. The highest BCUT2D eigenvalue weighted by Crippen LogP contribution is 2.12. The Bertz CT molecular complexity index is 900. The number of hydrogen-bond acceptors (Lipinski definition) is 4. The largest absolute Gasteiger partial charge is 0.390 e. The first-order valence-corrected chi connectivity index (χ1v) is 8.61. The molecular weight excluding hydrogens is 328 g/mol. The Morgan fingerprint density at radius 2 is 1.85 bits per heavy atom. The van der Waals surface area contributed by atoms with Crippen LogP contribution in [0.1, 0.15) is 39.8 Å². The van der Waals surface area contributed by atoms with Crippen LogP contribution in [0.25, 0.3) is 5.69 Å². The van der Waals surface area contributed by atoms with Gasteiger partial charge in [-0.1, -0.05) is 43.3 Å². The number of benzene rings is 2. The fourth-order valence-corrected chi connectivity index (χ4v) is 2.67. The molecule has 0 saturated carbocycles. The summed E-state index contributed by atoms with van der Waals surface area (Å²) in [6.07, 6.45) is 0.946. The van der Waals surface area contributed by atoms with Crippen molar-refractivity contribution in [2.75, 3.05) is 0 Å². The van der Waals surface area contributed by atoms with Gasteiger partial charge in [0, 0.05) is 6.54 Å². The Hall–Kier alpha value is -2.99. The van der Waals surface area contributed by atoms with Gasteiger partial charge in [0.15, 0.2) is 5.69 Å². The highest BCUT2D eigenvalue weighted by Gasteiger charge is 2.18. The van der Waals surface area contributed by atoms with Crippen LogP contribution in [-0.4, -0.2) is 26.0 Å². The van der Waals surface area contributed by atoms with E-state index in [1.165, 1.54) is 10.4 Å². The molecule has 26 heavy (non-hydrogen) atoms. The summed E-state index contributed by atoms with van der Waals surface area (Å²) < 4.78 is 0. The van der Waals surface area contributed by atoms with Gasteiger partial charge in [-0.05, 0) is 42.2 Å². The number of aliphatic hydroxyl groups is 1. The lowest BCUT2D eigenvalue weighted by atomic mass is 10.1. The van der Waals surface area contributed by atoms with E-state index >= 15 is 0 Å². The molecule has 2 aromatic carbocycles. The van der Waals surface area contributed by atoms with Crippen molar-refractivity contribution in [2.24, 2.45) is 0 Å². The molecule has 6 heteroatoms. The molecule has 3 aromatic rings. The van der Waals surface area contributed by atoms with Gasteiger partial charge >= 0.3 is 0 Å². The number of rotatable bonds is 6. The van der Waals surface area contributed by atoms with Crippen molar-refractivity contribution in [3.05, 3.63) is 76.6 Å². The number of aliphatic hydroxyl groups excluding tert-OH is 1. The van der Waals surface area contributed by atoms with E-state index < -0.39 is 0 Å². The van der Waals surface area contributed by atoms with Crippen molar-refractivity contribution in [1.29, 1.82) is 0 Å². The summed E-state index contributed by atoms with van der Waals surface area (Å²) in [7, 11) is 0. The number of aromatic nitrogens is 3. The maximum atomic E-state index is 12.5. The molecule has 0 aliphatic rings. The van der Waals surface area contributed by atoms with Crippen LogP contribution in [0.5, 0.6) is 0 Å². The topological polar surface area (TPSA) is 80.0 Å². The quantitative estimate of drug-likeness (QED) is 0.716. The van der Waals surface area contributed by atoms with E-state index in [1.54, 1.807) is 0 Å². The molecule has 6 nitrogen and oxygen atoms in total. The molecule has 2 N–H and O–H groups in total. The van der Waals surface area contributed by atoms with Crippen LogP contribution in [0.2, 0.25) is 0 Å². The average Bonchev–Trinajstić information content (AvgIpc) is 3.12. The number of nitrogens with one attached hydrogen (secondary N) is 1. The summed E-state index contributed by atoms with van der Waals surface area (Å²) in [5, 5.41) is 20.9. The van der Waals surface area contributed by atoms with Gasteiger partial charge in [0.1, 0.15) is 5.69 Å². The van der Waals surface area contributed by atoms with Gasteiger partial charge < -0.3 is 10.4 Å². The van der Waals surface area contributed by atoms with E-state index in [-0.39, 0.29) is 23.9 Å². The number of nitrogens with zero attached hydrogens (tertiary/aromatic N) is 3. The number of carbonyl (C=O) groups is 1. The summed E-state index contributed by atoms with van der Waals surface area (Å²) >= 11 is 0. The molecule has 3 rings (SSSR count). The highest BCUT2D eigenvalue weighted by atomic mass is 16.3. The lowest BCUT2D eigenvalue weighted by Gasteiger charge is -2.06. The molecule has 1 amide bonds. The van der Waals surface area contributed by atoms with Gasteiger partial charge in [-0.3, -0.25) is 4.79 Å². The summed E-state index contributed by atoms with van der Waals surface area (Å²) in [5.74, 6) is -0.353. The fourth-order valence-electron chi connectivity index (χ4n) is 2.67. The predicted octanol–water partition coefficient (Wildman–Crippen LogP) is 2.56. The van der Waals surface area contributed by atoms with Crippen LogP contribution in [0.3, 0.4) is 0 Å². The van der Waals surface area contributed by atoms with E-state index in [4.69, 9.17) is 0 Å². The molecule has 0 aliphatic carbocycles. The zero-order valence-corrected chi connectivity index (χ0v) is 14.9. The average molecular weight is 350 g/mol. The second-order valence-electron chi connectivity index (χ2n) is 6.07. The first kappa shape index (κ1) is 17.8. The minimum Gasteiger partial charge on any atom is -0.390 e. The smallest absolute Gasteiger partial charge is 0.274 e. The van der Waals surface area contributed by atoms with Crippen molar-refractivity contribution < 1.29 is 9.90 Å². The minimum absolute atomic E-state index is 0.139. The van der Waals surface area contributed by atoms with Gasteiger partial charge in [-0.2, -0.15) is 4.80 Å². The molecule has 0 unspecified atom stereocenters. The van der Waals surface area contributed by atoms with Gasteiger partial charge in [0.25, 0.3) is 5.91 Å². The van der Waals surface area contributed by atoms with Gasteiger partial charge in [-0.15, -0.1) is 10.2 Å². The Morgan fingerprint density at radius 3 is 2.50 bits per heavy atom. The number of aryl methyl sites for hydroxylation is 2. The standard InChI is InChI=1S/C20H22N4O2/c1-3-15-8-10-17(11-9-15)24-22-18(13-25)19(23-24)20(26)21-12-16-7-5-4-6-14(16)2/h4-11,25H,3,12-13H2,1-2H3,(H,21,26). The van der Waals surface area contributed by atoms with Crippen molar-refractivity contribution in [1.82, 2.24) is 20.3 Å². The van der Waals surface area contributed by atoms with E-state index in [9.17, 15) is 9.90 Å². The Kier molecular flexibility index (Phi) is 5.43. The molecule has 0 atom stereocenters. The maximum Gasteiger partial charge on any atom is 0.274 e. The molecule has 1 heterocycles. The Balaban J connectivity index is 1.79.